The van der Waals surface area contributed by atoms with Gasteiger partial charge in [-0.15, -0.1) is 0 Å². The molecule has 0 saturated carbocycles. The van der Waals surface area contributed by atoms with E-state index in [1.54, 1.807) is 12.1 Å². The molecule has 0 aliphatic carbocycles. The quantitative estimate of drug-likeness (QED) is 0.630. The van der Waals surface area contributed by atoms with Crippen LogP contribution in [0.2, 0.25) is 0 Å². The van der Waals surface area contributed by atoms with E-state index >= 15 is 0 Å². The SMILES string of the molecule is COc1cc(C(=O)/C=C/C(=O)O)ccc1OC(C)C. The number of hydrogen-bond acceptors (Lipinski definition) is 4. The topological polar surface area (TPSA) is 72.8 Å². The van der Waals surface area contributed by atoms with Crippen molar-refractivity contribution in [1.29, 1.82) is 0 Å². The normalized spacial score (nSPS) is 10.7. The number of benzene rings is 1. The van der Waals surface area contributed by atoms with Gasteiger partial charge in [-0.05, 0) is 38.1 Å². The van der Waals surface area contributed by atoms with Crippen LogP contribution in [0.25, 0.3) is 0 Å². The number of hydrogen-bond donors (Lipinski definition) is 1. The predicted octanol–water partition coefficient (Wildman–Crippen LogP) is 2.31. The third-order valence-corrected chi connectivity index (χ3v) is 2.19. The summed E-state index contributed by atoms with van der Waals surface area (Å²) in [5.41, 5.74) is 0.338. The highest BCUT2D eigenvalue weighted by molar-refractivity contribution is 6.07. The maximum absolute atomic E-state index is 11.7. The number of ketones is 1. The molecule has 1 rings (SSSR count). The van der Waals surface area contributed by atoms with Gasteiger partial charge in [-0.2, -0.15) is 0 Å². The Hall–Kier alpha value is -2.30. The average Bonchev–Trinajstić information content (AvgIpc) is 2.35. The van der Waals surface area contributed by atoms with Gasteiger partial charge in [-0.3, -0.25) is 4.79 Å². The summed E-state index contributed by atoms with van der Waals surface area (Å²) in [6.45, 7) is 3.77. The van der Waals surface area contributed by atoms with Gasteiger partial charge in [0.2, 0.25) is 0 Å². The van der Waals surface area contributed by atoms with E-state index < -0.39 is 11.8 Å². The second-order valence-corrected chi connectivity index (χ2v) is 4.07. The Morgan fingerprint density at radius 1 is 1.21 bits per heavy atom. The third kappa shape index (κ3) is 4.46. The Morgan fingerprint density at radius 3 is 2.42 bits per heavy atom. The summed E-state index contributed by atoms with van der Waals surface area (Å²) in [6.07, 6.45) is 1.79. The average molecular weight is 264 g/mol. The molecule has 0 heterocycles. The first-order valence-electron chi connectivity index (χ1n) is 5.74. The third-order valence-electron chi connectivity index (χ3n) is 2.19. The molecule has 0 aliphatic heterocycles. The van der Waals surface area contributed by atoms with Crippen LogP contribution in [0, 0.1) is 0 Å². The molecule has 5 nitrogen and oxygen atoms in total. The minimum atomic E-state index is -1.17. The summed E-state index contributed by atoms with van der Waals surface area (Å²) < 4.78 is 10.7. The van der Waals surface area contributed by atoms with E-state index in [9.17, 15) is 9.59 Å². The van der Waals surface area contributed by atoms with Crippen molar-refractivity contribution in [2.45, 2.75) is 20.0 Å². The van der Waals surface area contributed by atoms with E-state index in [0.717, 1.165) is 12.2 Å². The van der Waals surface area contributed by atoms with Crippen molar-refractivity contribution in [3.63, 3.8) is 0 Å². The zero-order valence-electron chi connectivity index (χ0n) is 11.0. The number of allylic oxidation sites excluding steroid dienone is 1. The molecule has 0 saturated heterocycles. The molecular formula is C14H16O5. The lowest BCUT2D eigenvalue weighted by molar-refractivity contribution is -0.131. The van der Waals surface area contributed by atoms with Crippen molar-refractivity contribution in [2.24, 2.45) is 0 Å². The summed E-state index contributed by atoms with van der Waals surface area (Å²) in [6, 6.07) is 4.71. The van der Waals surface area contributed by atoms with E-state index in [-0.39, 0.29) is 6.10 Å². The summed E-state index contributed by atoms with van der Waals surface area (Å²) >= 11 is 0. The Kier molecular flexibility index (Phi) is 5.11. The molecule has 0 spiro atoms. The Morgan fingerprint density at radius 2 is 1.89 bits per heavy atom. The summed E-state index contributed by atoms with van der Waals surface area (Å²) in [5.74, 6) is -0.601. The Bertz CT molecular complexity index is 503. The van der Waals surface area contributed by atoms with Crippen molar-refractivity contribution in [1.82, 2.24) is 0 Å². The maximum Gasteiger partial charge on any atom is 0.328 e. The van der Waals surface area contributed by atoms with Crippen LogP contribution in [0.3, 0.4) is 0 Å². The highest BCUT2D eigenvalue weighted by Gasteiger charge is 2.10. The van der Waals surface area contributed by atoms with E-state index in [1.165, 1.54) is 13.2 Å². The van der Waals surface area contributed by atoms with Crippen molar-refractivity contribution >= 4 is 11.8 Å². The van der Waals surface area contributed by atoms with Crippen molar-refractivity contribution in [3.05, 3.63) is 35.9 Å². The largest absolute Gasteiger partial charge is 0.493 e. The molecule has 19 heavy (non-hydrogen) atoms. The number of rotatable bonds is 6. The Labute approximate surface area is 111 Å². The number of methoxy groups -OCH3 is 1. The first kappa shape index (κ1) is 14.8. The lowest BCUT2D eigenvalue weighted by Crippen LogP contribution is -2.07. The van der Waals surface area contributed by atoms with Gasteiger partial charge in [0.1, 0.15) is 0 Å². The molecule has 0 amide bonds. The van der Waals surface area contributed by atoms with Crippen LogP contribution in [0.5, 0.6) is 11.5 Å². The molecule has 0 aromatic heterocycles. The molecular weight excluding hydrogens is 248 g/mol. The van der Waals surface area contributed by atoms with Crippen molar-refractivity contribution in [2.75, 3.05) is 7.11 Å². The van der Waals surface area contributed by atoms with Crippen molar-refractivity contribution < 1.29 is 24.2 Å². The van der Waals surface area contributed by atoms with Gasteiger partial charge in [0, 0.05) is 11.6 Å². The molecule has 1 N–H and O–H groups in total. The van der Waals surface area contributed by atoms with E-state index in [0.29, 0.717) is 17.1 Å². The fraction of sp³-hybridized carbons (Fsp3) is 0.286. The van der Waals surface area contributed by atoms with Gasteiger partial charge in [-0.25, -0.2) is 4.79 Å². The molecule has 0 aliphatic rings. The highest BCUT2D eigenvalue weighted by atomic mass is 16.5. The van der Waals surface area contributed by atoms with Crippen LogP contribution in [0.15, 0.2) is 30.4 Å². The van der Waals surface area contributed by atoms with Crippen LogP contribution in [-0.4, -0.2) is 30.1 Å². The van der Waals surface area contributed by atoms with Gasteiger partial charge in [0.05, 0.1) is 13.2 Å². The van der Waals surface area contributed by atoms with Gasteiger partial charge in [-0.1, -0.05) is 0 Å². The smallest absolute Gasteiger partial charge is 0.328 e. The molecule has 0 fully saturated rings. The zero-order valence-corrected chi connectivity index (χ0v) is 11.0. The zero-order chi connectivity index (χ0) is 14.4. The van der Waals surface area contributed by atoms with Gasteiger partial charge >= 0.3 is 5.97 Å². The first-order chi connectivity index (χ1) is 8.93. The molecule has 0 atom stereocenters. The number of carboxylic acids is 1. The molecule has 102 valence electrons. The van der Waals surface area contributed by atoms with E-state index in [1.807, 2.05) is 13.8 Å². The maximum atomic E-state index is 11.7. The van der Waals surface area contributed by atoms with Crippen LogP contribution in [-0.2, 0) is 4.79 Å². The van der Waals surface area contributed by atoms with E-state index in [4.69, 9.17) is 14.6 Å². The number of carboxylic acid groups (broad SMARTS) is 1. The molecule has 0 unspecified atom stereocenters. The second kappa shape index (κ2) is 6.58. The minimum Gasteiger partial charge on any atom is -0.493 e. The summed E-state index contributed by atoms with van der Waals surface area (Å²) in [7, 11) is 1.48. The number of carbonyl (C=O) groups excluding carboxylic acids is 1. The highest BCUT2D eigenvalue weighted by Crippen LogP contribution is 2.29. The Balaban J connectivity index is 2.99. The molecule has 0 radical (unpaired) electrons. The van der Waals surface area contributed by atoms with Gasteiger partial charge in [0.25, 0.3) is 0 Å². The number of aliphatic carboxylic acids is 1. The lowest BCUT2D eigenvalue weighted by atomic mass is 10.1. The molecule has 5 heteroatoms. The van der Waals surface area contributed by atoms with Crippen LogP contribution in [0.1, 0.15) is 24.2 Å². The van der Waals surface area contributed by atoms with Gasteiger partial charge in [0.15, 0.2) is 17.3 Å². The summed E-state index contributed by atoms with van der Waals surface area (Å²) in [4.78, 5) is 22.1. The van der Waals surface area contributed by atoms with Crippen LogP contribution < -0.4 is 9.47 Å². The molecule has 1 aromatic carbocycles. The first-order valence-corrected chi connectivity index (χ1v) is 5.74. The number of ether oxygens (including phenoxy) is 2. The molecule has 0 bridgehead atoms. The number of carbonyl (C=O) groups is 2. The summed E-state index contributed by atoms with van der Waals surface area (Å²) in [5, 5.41) is 8.47. The van der Waals surface area contributed by atoms with Crippen molar-refractivity contribution in [3.8, 4) is 11.5 Å². The predicted molar refractivity (Wildman–Crippen MR) is 69.9 cm³/mol. The minimum absolute atomic E-state index is 0.0117. The van der Waals surface area contributed by atoms with Crippen LogP contribution >= 0.6 is 0 Å². The molecule has 1 aromatic rings. The second-order valence-electron chi connectivity index (χ2n) is 4.07. The fourth-order valence-electron chi connectivity index (χ4n) is 1.42. The fourth-order valence-corrected chi connectivity index (χ4v) is 1.42. The lowest BCUT2D eigenvalue weighted by Gasteiger charge is -2.13. The standard InChI is InChI=1S/C14H16O5/c1-9(2)19-12-6-4-10(8-13(12)18-3)11(15)5-7-14(16)17/h4-9H,1-3H3,(H,16,17)/b7-5+. The van der Waals surface area contributed by atoms with Crippen LogP contribution in [0.4, 0.5) is 0 Å². The monoisotopic (exact) mass is 264 g/mol. The van der Waals surface area contributed by atoms with Gasteiger partial charge < -0.3 is 14.6 Å². The van der Waals surface area contributed by atoms with E-state index in [2.05, 4.69) is 0 Å².